The van der Waals surface area contributed by atoms with E-state index < -0.39 is 24.3 Å². The quantitative estimate of drug-likeness (QED) is 0.506. The van der Waals surface area contributed by atoms with Gasteiger partial charge in [-0.1, -0.05) is 41.4 Å². The van der Waals surface area contributed by atoms with Crippen molar-refractivity contribution in [2.24, 2.45) is 5.10 Å². The Morgan fingerprint density at radius 1 is 1.08 bits per heavy atom. The molecule has 25 heavy (non-hydrogen) atoms. The van der Waals surface area contributed by atoms with E-state index in [0.29, 0.717) is 15.6 Å². The Bertz CT molecular complexity index is 877. The number of nitrogens with one attached hydrogen (secondary N) is 1. The normalized spacial score (nSPS) is 13.4. The fourth-order valence-electron chi connectivity index (χ4n) is 2.34. The first-order chi connectivity index (χ1) is 12.0. The summed E-state index contributed by atoms with van der Waals surface area (Å²) in [4.78, 5) is 37.2. The molecule has 0 fully saturated rings. The highest BCUT2D eigenvalue weighted by atomic mass is 35.5. The molecule has 1 heterocycles. The molecule has 2 aromatic rings. The molecule has 8 heteroatoms. The molecule has 3 rings (SSSR count). The molecule has 1 aliphatic heterocycles. The van der Waals surface area contributed by atoms with E-state index in [1.54, 1.807) is 42.5 Å². The van der Waals surface area contributed by atoms with Crippen LogP contribution >= 0.6 is 23.2 Å². The van der Waals surface area contributed by atoms with Crippen LogP contribution in [0.3, 0.4) is 0 Å². The number of hydrazone groups is 1. The van der Waals surface area contributed by atoms with Crippen LogP contribution in [0.15, 0.2) is 47.6 Å². The Labute approximate surface area is 153 Å². The van der Waals surface area contributed by atoms with Crippen LogP contribution in [-0.2, 0) is 4.79 Å². The van der Waals surface area contributed by atoms with E-state index in [4.69, 9.17) is 23.2 Å². The van der Waals surface area contributed by atoms with Gasteiger partial charge in [0.1, 0.15) is 6.54 Å². The smallest absolute Gasteiger partial charge is 0.262 e. The van der Waals surface area contributed by atoms with Gasteiger partial charge in [-0.15, -0.1) is 0 Å². The van der Waals surface area contributed by atoms with Gasteiger partial charge in [0.2, 0.25) is 0 Å². The van der Waals surface area contributed by atoms with Gasteiger partial charge in [-0.3, -0.25) is 19.3 Å². The predicted molar refractivity (Wildman–Crippen MR) is 94.0 cm³/mol. The van der Waals surface area contributed by atoms with Gasteiger partial charge >= 0.3 is 0 Å². The maximum atomic E-state index is 12.2. The SMILES string of the molecule is O=C(CN1C(=O)c2ccccc2C1=O)NN=Cc1ccc(Cl)cc1Cl. The third-order valence-electron chi connectivity index (χ3n) is 3.54. The fraction of sp³-hybridized carbons (Fsp3) is 0.0588. The van der Waals surface area contributed by atoms with Crippen LogP contribution in [0.25, 0.3) is 0 Å². The lowest BCUT2D eigenvalue weighted by molar-refractivity contribution is -0.121. The maximum absolute atomic E-state index is 12.2. The highest BCUT2D eigenvalue weighted by molar-refractivity contribution is 6.36. The average molecular weight is 376 g/mol. The molecule has 0 saturated heterocycles. The Hall–Kier alpha value is -2.70. The lowest BCUT2D eigenvalue weighted by atomic mass is 10.1. The topological polar surface area (TPSA) is 78.8 Å². The number of nitrogens with zero attached hydrogens (tertiary/aromatic N) is 2. The zero-order valence-electron chi connectivity index (χ0n) is 12.7. The summed E-state index contributed by atoms with van der Waals surface area (Å²) in [7, 11) is 0. The summed E-state index contributed by atoms with van der Waals surface area (Å²) in [6.45, 7) is -0.419. The van der Waals surface area contributed by atoms with Crippen molar-refractivity contribution in [2.45, 2.75) is 0 Å². The second-order valence-electron chi connectivity index (χ2n) is 5.20. The number of amides is 3. The summed E-state index contributed by atoms with van der Waals surface area (Å²) in [6, 6.07) is 11.2. The molecular formula is C17H11Cl2N3O3. The number of imide groups is 1. The van der Waals surface area contributed by atoms with Gasteiger partial charge in [0.05, 0.1) is 22.4 Å². The van der Waals surface area contributed by atoms with E-state index in [9.17, 15) is 14.4 Å². The van der Waals surface area contributed by atoms with Crippen LogP contribution in [0, 0.1) is 0 Å². The molecule has 0 spiro atoms. The van der Waals surface area contributed by atoms with Crippen molar-refractivity contribution >= 4 is 47.1 Å². The van der Waals surface area contributed by atoms with E-state index in [2.05, 4.69) is 10.5 Å². The maximum Gasteiger partial charge on any atom is 0.262 e. The first-order valence-electron chi connectivity index (χ1n) is 7.19. The van der Waals surface area contributed by atoms with Crippen molar-refractivity contribution in [1.82, 2.24) is 10.3 Å². The van der Waals surface area contributed by atoms with Crippen molar-refractivity contribution in [3.8, 4) is 0 Å². The van der Waals surface area contributed by atoms with Crippen molar-refractivity contribution < 1.29 is 14.4 Å². The number of hydrogen-bond donors (Lipinski definition) is 1. The highest BCUT2D eigenvalue weighted by Gasteiger charge is 2.36. The van der Waals surface area contributed by atoms with Crippen molar-refractivity contribution in [3.63, 3.8) is 0 Å². The number of fused-ring (bicyclic) bond motifs is 1. The molecule has 0 radical (unpaired) electrons. The van der Waals surface area contributed by atoms with E-state index >= 15 is 0 Å². The van der Waals surface area contributed by atoms with Crippen LogP contribution < -0.4 is 5.43 Å². The lowest BCUT2D eigenvalue weighted by Gasteiger charge is -2.11. The molecule has 3 amide bonds. The molecule has 6 nitrogen and oxygen atoms in total. The summed E-state index contributed by atoms with van der Waals surface area (Å²) in [6.07, 6.45) is 1.35. The second kappa shape index (κ2) is 7.04. The third kappa shape index (κ3) is 3.55. The van der Waals surface area contributed by atoms with Gasteiger partial charge in [0.25, 0.3) is 17.7 Å². The number of hydrogen-bond acceptors (Lipinski definition) is 4. The molecule has 1 aliphatic rings. The Morgan fingerprint density at radius 3 is 2.32 bits per heavy atom. The minimum atomic E-state index is -0.601. The summed E-state index contributed by atoms with van der Waals surface area (Å²) >= 11 is 11.8. The third-order valence-corrected chi connectivity index (χ3v) is 4.10. The number of benzene rings is 2. The van der Waals surface area contributed by atoms with Crippen LogP contribution in [0.4, 0.5) is 0 Å². The van der Waals surface area contributed by atoms with E-state index in [1.807, 2.05) is 0 Å². The van der Waals surface area contributed by atoms with Gasteiger partial charge in [0, 0.05) is 10.6 Å². The van der Waals surface area contributed by atoms with Crippen molar-refractivity contribution in [3.05, 3.63) is 69.2 Å². The summed E-state index contributed by atoms with van der Waals surface area (Å²) < 4.78 is 0. The minimum absolute atomic E-state index is 0.289. The molecular weight excluding hydrogens is 365 g/mol. The number of rotatable bonds is 4. The van der Waals surface area contributed by atoms with Crippen LogP contribution in [0.1, 0.15) is 26.3 Å². The zero-order valence-corrected chi connectivity index (χ0v) is 14.2. The summed E-state index contributed by atoms with van der Waals surface area (Å²) in [5.74, 6) is -1.60. The first kappa shape index (κ1) is 17.1. The van der Waals surface area contributed by atoms with E-state index in [1.165, 1.54) is 6.21 Å². The Kier molecular flexibility index (Phi) is 4.83. The molecule has 126 valence electrons. The number of halogens is 2. The average Bonchev–Trinajstić information content (AvgIpc) is 2.82. The van der Waals surface area contributed by atoms with Gasteiger partial charge in [0.15, 0.2) is 0 Å². The van der Waals surface area contributed by atoms with Crippen LogP contribution in [0.2, 0.25) is 10.0 Å². The number of carbonyl (C=O) groups excluding carboxylic acids is 3. The standard InChI is InChI=1S/C17H11Cl2N3O3/c18-11-6-5-10(14(19)7-11)8-20-21-15(23)9-22-16(24)12-3-1-2-4-13(12)17(22)25/h1-8H,9H2,(H,21,23). The van der Waals surface area contributed by atoms with Gasteiger partial charge in [-0.25, -0.2) is 5.43 Å². The van der Waals surface area contributed by atoms with E-state index in [0.717, 1.165) is 4.90 Å². The lowest BCUT2D eigenvalue weighted by Crippen LogP contribution is -2.38. The first-order valence-corrected chi connectivity index (χ1v) is 7.95. The predicted octanol–water partition coefficient (Wildman–Crippen LogP) is 2.74. The molecule has 0 unspecified atom stereocenters. The molecule has 0 saturated carbocycles. The molecule has 0 aromatic heterocycles. The molecule has 2 aromatic carbocycles. The van der Waals surface area contributed by atoms with Gasteiger partial charge in [-0.05, 0) is 24.3 Å². The molecule has 0 bridgehead atoms. The zero-order chi connectivity index (χ0) is 18.0. The van der Waals surface area contributed by atoms with Crippen molar-refractivity contribution in [1.29, 1.82) is 0 Å². The Balaban J connectivity index is 1.63. The Morgan fingerprint density at radius 2 is 1.72 bits per heavy atom. The molecule has 0 atom stereocenters. The second-order valence-corrected chi connectivity index (χ2v) is 6.04. The molecule has 1 N–H and O–H groups in total. The van der Waals surface area contributed by atoms with Gasteiger partial charge in [-0.2, -0.15) is 5.10 Å². The highest BCUT2D eigenvalue weighted by Crippen LogP contribution is 2.22. The summed E-state index contributed by atoms with van der Waals surface area (Å²) in [5, 5.41) is 4.64. The van der Waals surface area contributed by atoms with E-state index in [-0.39, 0.29) is 11.1 Å². The summed E-state index contributed by atoms with van der Waals surface area (Å²) in [5.41, 5.74) is 3.40. The minimum Gasteiger partial charge on any atom is -0.271 e. The van der Waals surface area contributed by atoms with Crippen LogP contribution in [0.5, 0.6) is 0 Å². The van der Waals surface area contributed by atoms with Crippen LogP contribution in [-0.4, -0.2) is 35.4 Å². The van der Waals surface area contributed by atoms with Gasteiger partial charge < -0.3 is 0 Å². The fourth-order valence-corrected chi connectivity index (χ4v) is 2.80. The number of carbonyl (C=O) groups is 3. The molecule has 0 aliphatic carbocycles. The largest absolute Gasteiger partial charge is 0.271 e. The monoisotopic (exact) mass is 375 g/mol. The van der Waals surface area contributed by atoms with Crippen molar-refractivity contribution in [2.75, 3.05) is 6.54 Å².